The standard InChI is InChI=1S/C22H17FN4O2/c1-13-10-16(29-22-24-8-3-9-25-22)5-7-19(13)27-21(28)18-11-14(2)26-20-12-15(23)4-6-17(18)20/h3-12H,1-2H3,(H,27,28). The summed E-state index contributed by atoms with van der Waals surface area (Å²) in [4.78, 5) is 25.3. The molecule has 2 heterocycles. The second-order valence-electron chi connectivity index (χ2n) is 6.54. The van der Waals surface area contributed by atoms with Crippen LogP contribution < -0.4 is 10.1 Å². The Morgan fingerprint density at radius 2 is 1.83 bits per heavy atom. The van der Waals surface area contributed by atoms with Crippen LogP contribution >= 0.6 is 0 Å². The maximum absolute atomic E-state index is 13.5. The van der Waals surface area contributed by atoms with E-state index in [1.165, 1.54) is 12.1 Å². The maximum Gasteiger partial charge on any atom is 0.321 e. The molecular formula is C22H17FN4O2. The summed E-state index contributed by atoms with van der Waals surface area (Å²) >= 11 is 0. The fourth-order valence-corrected chi connectivity index (χ4v) is 2.99. The Labute approximate surface area is 166 Å². The number of amides is 1. The molecule has 0 aliphatic carbocycles. The summed E-state index contributed by atoms with van der Waals surface area (Å²) in [6, 6.07) is 13.1. The number of aryl methyl sites for hydroxylation is 2. The molecule has 0 aliphatic heterocycles. The average molecular weight is 388 g/mol. The number of nitrogens with zero attached hydrogens (tertiary/aromatic N) is 3. The third kappa shape index (κ3) is 4.03. The van der Waals surface area contributed by atoms with Gasteiger partial charge in [-0.25, -0.2) is 14.4 Å². The maximum atomic E-state index is 13.5. The molecule has 0 bridgehead atoms. The van der Waals surface area contributed by atoms with Crippen molar-refractivity contribution in [2.75, 3.05) is 5.32 Å². The van der Waals surface area contributed by atoms with Gasteiger partial charge in [0.1, 0.15) is 11.6 Å². The van der Waals surface area contributed by atoms with Gasteiger partial charge in [0.05, 0.1) is 11.1 Å². The van der Waals surface area contributed by atoms with E-state index in [0.717, 1.165) is 5.56 Å². The summed E-state index contributed by atoms with van der Waals surface area (Å²) in [5, 5.41) is 3.50. The number of hydrogen-bond donors (Lipinski definition) is 1. The minimum absolute atomic E-state index is 0.245. The number of rotatable bonds is 4. The van der Waals surface area contributed by atoms with Gasteiger partial charge in [0, 0.05) is 35.2 Å². The van der Waals surface area contributed by atoms with Crippen LogP contribution in [-0.4, -0.2) is 20.9 Å². The van der Waals surface area contributed by atoms with Crippen molar-refractivity contribution in [3.63, 3.8) is 0 Å². The van der Waals surface area contributed by atoms with Gasteiger partial charge in [-0.1, -0.05) is 0 Å². The third-order valence-electron chi connectivity index (χ3n) is 4.34. The Hall–Kier alpha value is -3.87. The van der Waals surface area contributed by atoms with Gasteiger partial charge in [-0.15, -0.1) is 0 Å². The van der Waals surface area contributed by atoms with E-state index in [1.54, 1.807) is 55.7 Å². The number of carbonyl (C=O) groups excluding carboxylic acids is 1. The molecule has 2 aromatic heterocycles. The van der Waals surface area contributed by atoms with Crippen LogP contribution in [0.5, 0.6) is 11.8 Å². The summed E-state index contributed by atoms with van der Waals surface area (Å²) in [5.74, 6) is -0.126. The Kier molecular flexibility index (Phi) is 4.87. The minimum atomic E-state index is -0.393. The van der Waals surface area contributed by atoms with Crippen LogP contribution in [-0.2, 0) is 0 Å². The van der Waals surface area contributed by atoms with Crippen molar-refractivity contribution in [3.8, 4) is 11.8 Å². The van der Waals surface area contributed by atoms with Gasteiger partial charge in [-0.3, -0.25) is 9.78 Å². The van der Waals surface area contributed by atoms with Gasteiger partial charge in [0.2, 0.25) is 0 Å². The number of aromatic nitrogens is 3. The third-order valence-corrected chi connectivity index (χ3v) is 4.34. The first-order valence-electron chi connectivity index (χ1n) is 8.93. The second-order valence-corrected chi connectivity index (χ2v) is 6.54. The fourth-order valence-electron chi connectivity index (χ4n) is 2.99. The molecule has 1 N–H and O–H groups in total. The Morgan fingerprint density at radius 1 is 1.03 bits per heavy atom. The SMILES string of the molecule is Cc1cc(C(=O)Nc2ccc(Oc3ncccn3)cc2C)c2ccc(F)cc2n1. The van der Waals surface area contributed by atoms with Crippen LogP contribution in [0.25, 0.3) is 10.9 Å². The van der Waals surface area contributed by atoms with E-state index < -0.39 is 5.82 Å². The lowest BCUT2D eigenvalue weighted by Crippen LogP contribution is -2.14. The zero-order chi connectivity index (χ0) is 20.4. The number of nitrogens with one attached hydrogen (secondary N) is 1. The quantitative estimate of drug-likeness (QED) is 0.542. The summed E-state index contributed by atoms with van der Waals surface area (Å²) < 4.78 is 19.1. The monoisotopic (exact) mass is 388 g/mol. The van der Waals surface area contributed by atoms with E-state index in [4.69, 9.17) is 4.74 Å². The highest BCUT2D eigenvalue weighted by Gasteiger charge is 2.14. The molecule has 7 heteroatoms. The zero-order valence-electron chi connectivity index (χ0n) is 15.8. The van der Waals surface area contributed by atoms with Gasteiger partial charge in [0.25, 0.3) is 5.91 Å². The molecule has 0 fully saturated rings. The molecule has 4 rings (SSSR count). The predicted octanol–water partition coefficient (Wildman–Crippen LogP) is 4.83. The van der Waals surface area contributed by atoms with Crippen molar-refractivity contribution in [2.24, 2.45) is 0 Å². The van der Waals surface area contributed by atoms with Crippen molar-refractivity contribution in [3.05, 3.63) is 83.6 Å². The highest BCUT2D eigenvalue weighted by atomic mass is 19.1. The molecule has 29 heavy (non-hydrogen) atoms. The van der Waals surface area contributed by atoms with Crippen molar-refractivity contribution >= 4 is 22.5 Å². The number of benzene rings is 2. The predicted molar refractivity (Wildman–Crippen MR) is 108 cm³/mol. The summed E-state index contributed by atoms with van der Waals surface area (Å²) in [6.07, 6.45) is 3.19. The first kappa shape index (κ1) is 18.5. The Balaban J connectivity index is 1.60. The van der Waals surface area contributed by atoms with Crippen LogP contribution in [0, 0.1) is 19.7 Å². The average Bonchev–Trinajstić information content (AvgIpc) is 2.69. The fraction of sp³-hybridized carbons (Fsp3) is 0.0909. The number of carbonyl (C=O) groups is 1. The van der Waals surface area contributed by atoms with Crippen LogP contribution in [0.3, 0.4) is 0 Å². The highest BCUT2D eigenvalue weighted by molar-refractivity contribution is 6.12. The number of hydrogen-bond acceptors (Lipinski definition) is 5. The number of pyridine rings is 1. The second kappa shape index (κ2) is 7.63. The van der Waals surface area contributed by atoms with E-state index in [-0.39, 0.29) is 11.9 Å². The molecule has 6 nitrogen and oxygen atoms in total. The molecule has 144 valence electrons. The van der Waals surface area contributed by atoms with E-state index in [0.29, 0.717) is 33.6 Å². The van der Waals surface area contributed by atoms with Crippen molar-refractivity contribution < 1.29 is 13.9 Å². The van der Waals surface area contributed by atoms with Crippen LogP contribution in [0.15, 0.2) is 60.9 Å². The minimum Gasteiger partial charge on any atom is -0.424 e. The van der Waals surface area contributed by atoms with Crippen LogP contribution in [0.4, 0.5) is 10.1 Å². The smallest absolute Gasteiger partial charge is 0.321 e. The molecule has 4 aromatic rings. The van der Waals surface area contributed by atoms with E-state index in [1.807, 2.05) is 6.92 Å². The highest BCUT2D eigenvalue weighted by Crippen LogP contribution is 2.26. The molecule has 0 spiro atoms. The van der Waals surface area contributed by atoms with Crippen molar-refractivity contribution in [1.82, 2.24) is 15.0 Å². The number of fused-ring (bicyclic) bond motifs is 1. The van der Waals surface area contributed by atoms with Gasteiger partial charge >= 0.3 is 6.01 Å². The summed E-state index contributed by atoms with van der Waals surface area (Å²) in [6.45, 7) is 3.63. The van der Waals surface area contributed by atoms with Crippen molar-refractivity contribution in [1.29, 1.82) is 0 Å². The van der Waals surface area contributed by atoms with E-state index >= 15 is 0 Å². The molecular weight excluding hydrogens is 371 g/mol. The number of ether oxygens (including phenoxy) is 1. The summed E-state index contributed by atoms with van der Waals surface area (Å²) in [5.41, 5.74) is 2.97. The lowest BCUT2D eigenvalue weighted by Gasteiger charge is -2.12. The normalized spacial score (nSPS) is 10.7. The van der Waals surface area contributed by atoms with Gasteiger partial charge in [-0.2, -0.15) is 0 Å². The molecule has 0 aliphatic rings. The summed E-state index contributed by atoms with van der Waals surface area (Å²) in [7, 11) is 0. The molecule has 1 amide bonds. The van der Waals surface area contributed by atoms with Gasteiger partial charge in [0.15, 0.2) is 0 Å². The van der Waals surface area contributed by atoms with Gasteiger partial charge in [-0.05, 0) is 61.9 Å². The lowest BCUT2D eigenvalue weighted by atomic mass is 10.1. The van der Waals surface area contributed by atoms with Crippen molar-refractivity contribution in [2.45, 2.75) is 13.8 Å². The number of anilines is 1. The van der Waals surface area contributed by atoms with Crippen LogP contribution in [0.2, 0.25) is 0 Å². The Bertz CT molecular complexity index is 1210. The molecule has 0 saturated heterocycles. The van der Waals surface area contributed by atoms with Gasteiger partial charge < -0.3 is 10.1 Å². The molecule has 0 radical (unpaired) electrons. The molecule has 0 atom stereocenters. The van der Waals surface area contributed by atoms with E-state index in [9.17, 15) is 9.18 Å². The van der Waals surface area contributed by atoms with E-state index in [2.05, 4.69) is 20.3 Å². The topological polar surface area (TPSA) is 77.0 Å². The molecule has 0 unspecified atom stereocenters. The zero-order valence-corrected chi connectivity index (χ0v) is 15.8. The first-order chi connectivity index (χ1) is 14.0. The lowest BCUT2D eigenvalue weighted by molar-refractivity contribution is 0.102. The molecule has 0 saturated carbocycles. The first-order valence-corrected chi connectivity index (χ1v) is 8.93. The van der Waals surface area contributed by atoms with Crippen LogP contribution in [0.1, 0.15) is 21.6 Å². The largest absolute Gasteiger partial charge is 0.424 e. The number of halogens is 1. The molecule has 2 aromatic carbocycles. The Morgan fingerprint density at radius 3 is 2.59 bits per heavy atom.